The summed E-state index contributed by atoms with van der Waals surface area (Å²) in [6.07, 6.45) is 11.1. The summed E-state index contributed by atoms with van der Waals surface area (Å²) in [7, 11) is 0. The average Bonchev–Trinajstić information content (AvgIpc) is 3.52. The highest BCUT2D eigenvalue weighted by molar-refractivity contribution is 5.75. The molecule has 8 heteroatoms. The number of nitrogens with one attached hydrogen (secondary N) is 1. The predicted molar refractivity (Wildman–Crippen MR) is 133 cm³/mol. The first-order valence-electron chi connectivity index (χ1n) is 12.3. The minimum Gasteiger partial charge on any atom is -0.486 e. The Labute approximate surface area is 200 Å². The zero-order valence-electron chi connectivity index (χ0n) is 20.3. The van der Waals surface area contributed by atoms with Crippen LogP contribution in [0.15, 0.2) is 42.1 Å². The molecule has 0 radical (unpaired) electrons. The maximum atomic E-state index is 12.4. The zero-order valence-corrected chi connectivity index (χ0v) is 20.3. The van der Waals surface area contributed by atoms with E-state index in [9.17, 15) is 4.79 Å². The molecule has 0 aromatic carbocycles. The Hall–Kier alpha value is -3.29. The maximum absolute atomic E-state index is 12.4. The van der Waals surface area contributed by atoms with Crippen molar-refractivity contribution in [1.82, 2.24) is 25.0 Å². The van der Waals surface area contributed by atoms with Gasteiger partial charge in [0, 0.05) is 55.0 Å². The number of nitrogen functional groups attached to an aromatic ring is 1. The first-order chi connectivity index (χ1) is 16.4. The van der Waals surface area contributed by atoms with Crippen molar-refractivity contribution in [3.8, 4) is 17.0 Å². The molecule has 8 nitrogen and oxygen atoms in total. The molecular weight excluding hydrogens is 428 g/mol. The SMILES string of the molecule is CCNC(=O)N1CCC2(CCn3nc(-c4cnc(N)c(O[C@H](C)C5C=CC=C(C)C5)c4)cc32)C1. The Bertz CT molecular complexity index is 1150. The zero-order chi connectivity index (χ0) is 23.9. The number of aromatic nitrogens is 3. The van der Waals surface area contributed by atoms with Gasteiger partial charge in [-0.15, -0.1) is 0 Å². The van der Waals surface area contributed by atoms with Gasteiger partial charge in [-0.2, -0.15) is 5.10 Å². The van der Waals surface area contributed by atoms with Crippen LogP contribution in [0.25, 0.3) is 11.3 Å². The van der Waals surface area contributed by atoms with E-state index in [0.29, 0.717) is 24.0 Å². The lowest BCUT2D eigenvalue weighted by molar-refractivity contribution is 0.174. The first-order valence-corrected chi connectivity index (χ1v) is 12.3. The van der Waals surface area contributed by atoms with E-state index in [2.05, 4.69) is 53.1 Å². The van der Waals surface area contributed by atoms with Crippen molar-refractivity contribution in [2.24, 2.45) is 5.92 Å². The van der Waals surface area contributed by atoms with E-state index in [-0.39, 0.29) is 17.6 Å². The summed E-state index contributed by atoms with van der Waals surface area (Å²) < 4.78 is 8.37. The fraction of sp³-hybridized carbons (Fsp3) is 0.500. The van der Waals surface area contributed by atoms with Crippen LogP contribution in [-0.4, -0.2) is 51.4 Å². The highest BCUT2D eigenvalue weighted by Gasteiger charge is 2.46. The summed E-state index contributed by atoms with van der Waals surface area (Å²) in [5, 5.41) is 7.80. The molecule has 1 fully saturated rings. The van der Waals surface area contributed by atoms with E-state index in [1.807, 2.05) is 17.9 Å². The van der Waals surface area contributed by atoms with Crippen LogP contribution in [-0.2, 0) is 12.0 Å². The van der Waals surface area contributed by atoms with Crippen molar-refractivity contribution < 1.29 is 9.53 Å². The third-order valence-electron chi connectivity index (χ3n) is 7.48. The van der Waals surface area contributed by atoms with Crippen molar-refractivity contribution in [3.63, 3.8) is 0 Å². The summed E-state index contributed by atoms with van der Waals surface area (Å²) in [5.74, 6) is 1.29. The van der Waals surface area contributed by atoms with Gasteiger partial charge >= 0.3 is 6.03 Å². The number of hydrogen-bond donors (Lipinski definition) is 2. The number of hydrogen-bond acceptors (Lipinski definition) is 5. The number of anilines is 1. The molecule has 1 aliphatic carbocycles. The molecule has 2 amide bonds. The summed E-state index contributed by atoms with van der Waals surface area (Å²) in [6, 6.07) is 4.14. The molecule has 0 bridgehead atoms. The number of fused-ring (bicyclic) bond motifs is 2. The maximum Gasteiger partial charge on any atom is 0.317 e. The second-order valence-corrected chi connectivity index (χ2v) is 9.87. The van der Waals surface area contributed by atoms with Crippen molar-refractivity contribution >= 4 is 11.8 Å². The van der Waals surface area contributed by atoms with E-state index in [1.54, 1.807) is 6.20 Å². The largest absolute Gasteiger partial charge is 0.486 e. The van der Waals surface area contributed by atoms with Crippen molar-refractivity contribution in [1.29, 1.82) is 0 Å². The molecule has 1 spiro atoms. The van der Waals surface area contributed by atoms with Crippen LogP contribution < -0.4 is 15.8 Å². The molecule has 3 N–H and O–H groups in total. The van der Waals surface area contributed by atoms with Gasteiger partial charge in [0.2, 0.25) is 0 Å². The van der Waals surface area contributed by atoms with Gasteiger partial charge in [-0.25, -0.2) is 9.78 Å². The summed E-state index contributed by atoms with van der Waals surface area (Å²) >= 11 is 0. The lowest BCUT2D eigenvalue weighted by Gasteiger charge is -2.25. The summed E-state index contributed by atoms with van der Waals surface area (Å²) in [4.78, 5) is 18.7. The Morgan fingerprint density at radius 3 is 2.97 bits per heavy atom. The van der Waals surface area contributed by atoms with Crippen LogP contribution in [0, 0.1) is 5.92 Å². The highest BCUT2D eigenvalue weighted by Crippen LogP contribution is 2.44. The number of urea groups is 1. The number of rotatable bonds is 5. The molecule has 2 aliphatic heterocycles. The lowest BCUT2D eigenvalue weighted by atomic mass is 9.82. The molecule has 5 rings (SSSR count). The van der Waals surface area contributed by atoms with Gasteiger partial charge in [0.1, 0.15) is 6.10 Å². The Morgan fingerprint density at radius 1 is 1.35 bits per heavy atom. The quantitative estimate of drug-likeness (QED) is 0.702. The molecule has 1 saturated heterocycles. The number of ether oxygens (including phenoxy) is 1. The Kier molecular flexibility index (Phi) is 5.83. The van der Waals surface area contributed by atoms with Crippen LogP contribution in [0.1, 0.15) is 45.7 Å². The molecule has 3 aliphatic rings. The van der Waals surface area contributed by atoms with E-state index in [4.69, 9.17) is 15.6 Å². The number of amides is 2. The summed E-state index contributed by atoms with van der Waals surface area (Å²) in [6.45, 7) is 9.19. The molecule has 2 unspecified atom stereocenters. The van der Waals surface area contributed by atoms with Crippen LogP contribution in [0.5, 0.6) is 5.75 Å². The van der Waals surface area contributed by atoms with Crippen LogP contribution in [0.2, 0.25) is 0 Å². The van der Waals surface area contributed by atoms with E-state index >= 15 is 0 Å². The van der Waals surface area contributed by atoms with Crippen LogP contribution in [0.4, 0.5) is 10.6 Å². The third kappa shape index (κ3) is 4.06. The fourth-order valence-corrected chi connectivity index (χ4v) is 5.50. The fourth-order valence-electron chi connectivity index (χ4n) is 5.50. The Morgan fingerprint density at radius 2 is 2.18 bits per heavy atom. The average molecular weight is 463 g/mol. The number of nitrogens with two attached hydrogens (primary N) is 1. The minimum atomic E-state index is -0.0237. The smallest absolute Gasteiger partial charge is 0.317 e. The molecule has 180 valence electrons. The second kappa shape index (κ2) is 8.81. The predicted octanol–water partition coefficient (Wildman–Crippen LogP) is 3.89. The molecule has 0 saturated carbocycles. The van der Waals surface area contributed by atoms with Gasteiger partial charge in [-0.1, -0.05) is 23.8 Å². The monoisotopic (exact) mass is 462 g/mol. The summed E-state index contributed by atoms with van der Waals surface area (Å²) in [5.41, 5.74) is 10.5. The normalized spacial score (nSPS) is 24.3. The van der Waals surface area contributed by atoms with Gasteiger partial charge in [0.15, 0.2) is 11.6 Å². The molecule has 2 aromatic rings. The standard InChI is InChI=1S/C26H34N6O2/c1-4-28-25(33)31-10-8-26(16-31)9-11-32-23(26)14-21(30-32)20-13-22(24(27)29-15-20)34-18(3)19-7-5-6-17(2)12-19/h5-7,13-15,18-19H,4,8-12,16H2,1-3H3,(H2,27,29)(H,28,33)/t18-,19?,26?/m1/s1. The number of nitrogens with zero attached hydrogens (tertiary/aromatic N) is 4. The molecule has 4 heterocycles. The number of carbonyl (C=O) groups excluding carboxylic acids is 1. The minimum absolute atomic E-state index is 0.0201. The number of aryl methyl sites for hydroxylation is 1. The van der Waals surface area contributed by atoms with Crippen molar-refractivity contribution in [3.05, 3.63) is 47.8 Å². The van der Waals surface area contributed by atoms with Gasteiger partial charge in [0.25, 0.3) is 0 Å². The molecular formula is C26H34N6O2. The lowest BCUT2D eigenvalue weighted by Crippen LogP contribution is -2.40. The molecule has 3 atom stereocenters. The van der Waals surface area contributed by atoms with E-state index < -0.39 is 0 Å². The van der Waals surface area contributed by atoms with Gasteiger partial charge in [-0.3, -0.25) is 4.68 Å². The number of carbonyl (C=O) groups is 1. The van der Waals surface area contributed by atoms with Crippen LogP contribution >= 0.6 is 0 Å². The van der Waals surface area contributed by atoms with Crippen molar-refractivity contribution in [2.75, 3.05) is 25.4 Å². The van der Waals surface area contributed by atoms with Gasteiger partial charge < -0.3 is 20.7 Å². The van der Waals surface area contributed by atoms with E-state index in [1.165, 1.54) is 11.3 Å². The number of pyridine rings is 1. The van der Waals surface area contributed by atoms with Crippen molar-refractivity contribution in [2.45, 2.75) is 58.1 Å². The number of allylic oxidation sites excluding steroid dienone is 3. The topological polar surface area (TPSA) is 98.3 Å². The van der Waals surface area contributed by atoms with Gasteiger partial charge in [-0.05, 0) is 52.2 Å². The number of likely N-dealkylation sites (tertiary alicyclic amines) is 1. The first kappa shape index (κ1) is 22.5. The highest BCUT2D eigenvalue weighted by atomic mass is 16.5. The molecule has 34 heavy (non-hydrogen) atoms. The van der Waals surface area contributed by atoms with Crippen LogP contribution in [0.3, 0.4) is 0 Å². The Balaban J connectivity index is 1.35. The van der Waals surface area contributed by atoms with Gasteiger partial charge in [0.05, 0.1) is 5.69 Å². The second-order valence-electron chi connectivity index (χ2n) is 9.87. The van der Waals surface area contributed by atoms with E-state index in [0.717, 1.165) is 50.2 Å². The third-order valence-corrected chi connectivity index (χ3v) is 7.48. The molecule has 2 aromatic heterocycles.